The van der Waals surface area contributed by atoms with Crippen molar-refractivity contribution in [2.24, 2.45) is 0 Å². The fraction of sp³-hybridized carbons (Fsp3) is 0.400. The summed E-state index contributed by atoms with van der Waals surface area (Å²) in [7, 11) is 4.01. The van der Waals surface area contributed by atoms with E-state index in [4.69, 9.17) is 0 Å². The van der Waals surface area contributed by atoms with Gasteiger partial charge in [-0.1, -0.05) is 11.1 Å². The lowest BCUT2D eigenvalue weighted by atomic mass is 10.1. The third-order valence-electron chi connectivity index (χ3n) is 4.20. The van der Waals surface area contributed by atoms with Crippen molar-refractivity contribution in [1.82, 2.24) is 19.9 Å². The molecule has 0 spiro atoms. The summed E-state index contributed by atoms with van der Waals surface area (Å²) in [5, 5.41) is 26.3. The van der Waals surface area contributed by atoms with Gasteiger partial charge in [-0.05, 0) is 32.6 Å². The summed E-state index contributed by atoms with van der Waals surface area (Å²) in [5.74, 6) is 0.169. The Kier molecular flexibility index (Phi) is 7.08. The quantitative estimate of drug-likeness (QED) is 0.405. The zero-order valence-electron chi connectivity index (χ0n) is 16.9. The Morgan fingerprint density at radius 2 is 1.97 bits per heavy atom. The molecule has 0 saturated heterocycles. The van der Waals surface area contributed by atoms with Crippen LogP contribution in [0.5, 0.6) is 0 Å². The van der Waals surface area contributed by atoms with Gasteiger partial charge < -0.3 is 15.2 Å². The number of hydrogen-bond donors (Lipinski definition) is 2. The van der Waals surface area contributed by atoms with Gasteiger partial charge in [-0.2, -0.15) is 0 Å². The average molecular weight is 415 g/mol. The van der Waals surface area contributed by atoms with Crippen LogP contribution in [-0.4, -0.2) is 51.7 Å². The van der Waals surface area contributed by atoms with Crippen LogP contribution in [0.2, 0.25) is 0 Å². The second kappa shape index (κ2) is 9.73. The molecule has 0 fully saturated rings. The molecule has 1 atom stereocenters. The number of nitrogens with one attached hydrogen (secondary N) is 1. The first kappa shape index (κ1) is 21.1. The van der Waals surface area contributed by atoms with E-state index >= 15 is 0 Å². The van der Waals surface area contributed by atoms with Crippen molar-refractivity contribution in [3.63, 3.8) is 0 Å². The van der Waals surface area contributed by atoms with Gasteiger partial charge in [-0.25, -0.2) is 9.71 Å². The van der Waals surface area contributed by atoms with E-state index < -0.39 is 6.10 Å². The van der Waals surface area contributed by atoms with Crippen molar-refractivity contribution < 1.29 is 9.84 Å². The highest BCUT2D eigenvalue weighted by Gasteiger charge is 2.14. The van der Waals surface area contributed by atoms with Crippen LogP contribution < -0.4 is 10.0 Å². The monoisotopic (exact) mass is 414 g/mol. The summed E-state index contributed by atoms with van der Waals surface area (Å²) in [6.45, 7) is 2.99. The summed E-state index contributed by atoms with van der Waals surface area (Å²) in [6.07, 6.45) is 7.17. The Labute approximate surface area is 174 Å². The second-order valence-corrected chi connectivity index (χ2v) is 8.49. The van der Waals surface area contributed by atoms with Crippen molar-refractivity contribution in [2.45, 2.75) is 32.4 Å². The van der Waals surface area contributed by atoms with Crippen LogP contribution in [0.3, 0.4) is 0 Å². The first-order valence-electron chi connectivity index (χ1n) is 9.39. The van der Waals surface area contributed by atoms with E-state index in [9.17, 15) is 10.3 Å². The second-order valence-electron chi connectivity index (χ2n) is 7.29. The number of aromatic nitrogens is 4. The molecule has 0 aromatic carbocycles. The van der Waals surface area contributed by atoms with Crippen LogP contribution in [-0.2, 0) is 19.4 Å². The summed E-state index contributed by atoms with van der Waals surface area (Å²) < 4.78 is 0.697. The molecule has 154 valence electrons. The summed E-state index contributed by atoms with van der Waals surface area (Å²) in [6, 6.07) is 3.93. The highest BCUT2D eigenvalue weighted by atomic mass is 32.1. The van der Waals surface area contributed by atoms with Gasteiger partial charge >= 0.3 is 5.95 Å². The Balaban J connectivity index is 1.52. The molecule has 0 aliphatic heterocycles. The third kappa shape index (κ3) is 6.45. The lowest BCUT2D eigenvalue weighted by Crippen LogP contribution is -2.35. The molecule has 0 bridgehead atoms. The van der Waals surface area contributed by atoms with Gasteiger partial charge in [0.1, 0.15) is 6.20 Å². The van der Waals surface area contributed by atoms with Gasteiger partial charge in [0.05, 0.1) is 23.9 Å². The molecule has 0 amide bonds. The maximum atomic E-state index is 12.2. The van der Waals surface area contributed by atoms with Crippen LogP contribution in [0.1, 0.15) is 26.7 Å². The van der Waals surface area contributed by atoms with Gasteiger partial charge in [-0.3, -0.25) is 10.3 Å². The first-order chi connectivity index (χ1) is 13.9. The minimum atomic E-state index is -0.659. The van der Waals surface area contributed by atoms with Crippen LogP contribution in [0.4, 0.5) is 5.95 Å². The predicted octanol–water partition coefficient (Wildman–Crippen LogP) is 1.54. The van der Waals surface area contributed by atoms with Crippen LogP contribution in [0, 0.1) is 12.1 Å². The van der Waals surface area contributed by atoms with Crippen LogP contribution in [0.15, 0.2) is 36.9 Å². The minimum absolute atomic E-state index is 0.169. The van der Waals surface area contributed by atoms with E-state index in [1.54, 1.807) is 23.7 Å². The van der Waals surface area contributed by atoms with Gasteiger partial charge in [0.25, 0.3) is 0 Å². The maximum absolute atomic E-state index is 12.2. The highest BCUT2D eigenvalue weighted by molar-refractivity contribution is 7.11. The molecule has 8 nitrogen and oxygen atoms in total. The molecule has 9 heteroatoms. The van der Waals surface area contributed by atoms with E-state index in [2.05, 4.69) is 25.2 Å². The summed E-state index contributed by atoms with van der Waals surface area (Å²) in [4.78, 5) is 16.0. The molecule has 2 N–H and O–H groups in total. The molecule has 0 aliphatic carbocycles. The number of pyridine rings is 1. The largest absolute Gasteiger partial charge is 0.740 e. The molecule has 0 saturated carbocycles. The Morgan fingerprint density at radius 3 is 2.66 bits per heavy atom. The SMILES string of the molecule is Cc1ccc(Cc2cnc(NCC(O)Cc3ncc(CN(C)C)s3)[n+]([O-])c2)cn1. The molecule has 29 heavy (non-hydrogen) atoms. The highest BCUT2D eigenvalue weighted by Crippen LogP contribution is 2.16. The van der Waals surface area contributed by atoms with Crippen molar-refractivity contribution in [3.8, 4) is 0 Å². The number of thiazole rings is 1. The van der Waals surface area contributed by atoms with Crippen molar-refractivity contribution in [1.29, 1.82) is 0 Å². The number of nitrogens with zero attached hydrogens (tertiary/aromatic N) is 5. The van der Waals surface area contributed by atoms with Crippen molar-refractivity contribution in [3.05, 3.63) is 68.8 Å². The number of hydrogen-bond acceptors (Lipinski definition) is 8. The zero-order valence-corrected chi connectivity index (χ0v) is 17.7. The van der Waals surface area contributed by atoms with Crippen molar-refractivity contribution in [2.75, 3.05) is 26.0 Å². The van der Waals surface area contributed by atoms with Gasteiger partial charge in [0, 0.05) is 47.9 Å². The minimum Gasteiger partial charge on any atom is -0.740 e. The molecular formula is C20H26N6O2S. The van der Waals surface area contributed by atoms with Gasteiger partial charge in [-0.15, -0.1) is 11.3 Å². The number of aryl methyl sites for hydroxylation is 1. The standard InChI is InChI=1S/C20H26N6O2S/c1-14-4-5-15(8-21-14)6-16-9-23-20(26(28)12-16)24-10-17(27)7-19-22-11-18(29-19)13-25(2)3/h4-5,8-9,11-12,17,27H,6-7,10,13H2,1-3H3,(H,23,24). The smallest absolute Gasteiger partial charge is 0.392 e. The molecule has 1 unspecified atom stereocenters. The Bertz CT molecular complexity index is 929. The number of rotatable bonds is 9. The fourth-order valence-corrected chi connectivity index (χ4v) is 3.92. The molecule has 0 radical (unpaired) electrons. The normalized spacial score (nSPS) is 12.3. The van der Waals surface area contributed by atoms with E-state index in [1.165, 1.54) is 6.20 Å². The van der Waals surface area contributed by atoms with E-state index in [0.717, 1.165) is 33.3 Å². The Morgan fingerprint density at radius 1 is 1.17 bits per heavy atom. The first-order valence-corrected chi connectivity index (χ1v) is 10.2. The molecule has 3 rings (SSSR count). The molecule has 3 aromatic rings. The average Bonchev–Trinajstić information content (AvgIpc) is 3.09. The lowest BCUT2D eigenvalue weighted by molar-refractivity contribution is -0.593. The van der Waals surface area contributed by atoms with Gasteiger partial charge in [0.2, 0.25) is 0 Å². The van der Waals surface area contributed by atoms with Crippen LogP contribution >= 0.6 is 11.3 Å². The molecule has 3 heterocycles. The third-order valence-corrected chi connectivity index (χ3v) is 5.21. The number of aliphatic hydroxyl groups is 1. The molecular weight excluding hydrogens is 388 g/mol. The topological polar surface area (TPSA) is 101 Å². The zero-order chi connectivity index (χ0) is 20.8. The number of aliphatic hydroxyl groups excluding tert-OH is 1. The van der Waals surface area contributed by atoms with Crippen molar-refractivity contribution >= 4 is 17.3 Å². The maximum Gasteiger partial charge on any atom is 0.392 e. The van der Waals surface area contributed by atoms with Crippen LogP contribution in [0.25, 0.3) is 0 Å². The Hall–Kier alpha value is -2.62. The van der Waals surface area contributed by atoms with E-state index in [0.29, 0.717) is 17.6 Å². The summed E-state index contributed by atoms with van der Waals surface area (Å²) in [5.41, 5.74) is 2.77. The van der Waals surface area contributed by atoms with E-state index in [-0.39, 0.29) is 12.5 Å². The molecule has 3 aromatic heterocycles. The number of anilines is 1. The van der Waals surface area contributed by atoms with E-state index in [1.807, 2.05) is 39.3 Å². The summed E-state index contributed by atoms with van der Waals surface area (Å²) >= 11 is 1.59. The predicted molar refractivity (Wildman–Crippen MR) is 113 cm³/mol. The fourth-order valence-electron chi connectivity index (χ4n) is 2.81. The lowest BCUT2D eigenvalue weighted by Gasteiger charge is -2.12. The van der Waals surface area contributed by atoms with Gasteiger partial charge in [0.15, 0.2) is 0 Å². The molecule has 0 aliphatic rings.